The zero-order valence-corrected chi connectivity index (χ0v) is 10.4. The Morgan fingerprint density at radius 2 is 2.25 bits per heavy atom. The number of rotatable bonds is 3. The summed E-state index contributed by atoms with van der Waals surface area (Å²) in [5, 5.41) is 3.33. The van der Waals surface area contributed by atoms with Gasteiger partial charge >= 0.3 is 0 Å². The summed E-state index contributed by atoms with van der Waals surface area (Å²) in [5.74, 6) is 0.746. The minimum Gasteiger partial charge on any atom is -0.378 e. The van der Waals surface area contributed by atoms with E-state index in [1.165, 1.54) is 0 Å². The maximum absolute atomic E-state index is 12.0. The fourth-order valence-corrected chi connectivity index (χ4v) is 2.68. The van der Waals surface area contributed by atoms with Crippen LogP contribution in [0.3, 0.4) is 0 Å². The number of amides is 1. The quantitative estimate of drug-likeness (QED) is 0.779. The van der Waals surface area contributed by atoms with Gasteiger partial charge in [-0.25, -0.2) is 0 Å². The van der Waals surface area contributed by atoms with Crippen LogP contribution in [-0.2, 0) is 9.53 Å². The summed E-state index contributed by atoms with van der Waals surface area (Å²) in [4.78, 5) is 14.0. The second-order valence-corrected chi connectivity index (χ2v) is 4.93. The van der Waals surface area contributed by atoms with Gasteiger partial charge < -0.3 is 9.64 Å². The van der Waals surface area contributed by atoms with Crippen molar-refractivity contribution < 1.29 is 9.53 Å². The van der Waals surface area contributed by atoms with Gasteiger partial charge in [0, 0.05) is 19.1 Å². The minimum atomic E-state index is -0.0254. The van der Waals surface area contributed by atoms with E-state index in [1.807, 2.05) is 11.8 Å². The van der Waals surface area contributed by atoms with E-state index in [0.717, 1.165) is 26.0 Å². The van der Waals surface area contributed by atoms with E-state index in [1.54, 1.807) is 0 Å². The molecule has 0 aromatic rings. The van der Waals surface area contributed by atoms with Gasteiger partial charge in [0.2, 0.25) is 5.91 Å². The standard InChI is InChI=1S/C12H22N2O2/c1-4-11-13-8(2)12(15)14(11)7-10-5-6-16-9(10)3/h8-11,13H,4-7H2,1-3H3. The number of hydrogen-bond acceptors (Lipinski definition) is 3. The van der Waals surface area contributed by atoms with Gasteiger partial charge in [-0.2, -0.15) is 0 Å². The molecule has 2 heterocycles. The summed E-state index contributed by atoms with van der Waals surface area (Å²) < 4.78 is 5.55. The molecule has 0 aliphatic carbocycles. The van der Waals surface area contributed by atoms with Crippen molar-refractivity contribution >= 4 is 5.91 Å². The molecule has 1 amide bonds. The van der Waals surface area contributed by atoms with E-state index < -0.39 is 0 Å². The van der Waals surface area contributed by atoms with Crippen LogP contribution in [-0.4, -0.2) is 42.3 Å². The van der Waals surface area contributed by atoms with Crippen molar-refractivity contribution in [2.75, 3.05) is 13.2 Å². The molecule has 0 radical (unpaired) electrons. The third-order valence-electron chi connectivity index (χ3n) is 3.82. The second kappa shape index (κ2) is 4.72. The Kier molecular flexibility index (Phi) is 3.50. The van der Waals surface area contributed by atoms with E-state index >= 15 is 0 Å². The van der Waals surface area contributed by atoms with Gasteiger partial charge in [0.05, 0.1) is 18.3 Å². The van der Waals surface area contributed by atoms with Crippen LogP contribution in [0.25, 0.3) is 0 Å². The van der Waals surface area contributed by atoms with E-state index in [-0.39, 0.29) is 18.1 Å². The Bertz CT molecular complexity index is 270. The van der Waals surface area contributed by atoms with Crippen LogP contribution in [0.15, 0.2) is 0 Å². The van der Waals surface area contributed by atoms with Crippen LogP contribution in [0.4, 0.5) is 0 Å². The highest BCUT2D eigenvalue weighted by molar-refractivity contribution is 5.83. The van der Waals surface area contributed by atoms with Gasteiger partial charge in [-0.1, -0.05) is 6.92 Å². The van der Waals surface area contributed by atoms with Crippen molar-refractivity contribution in [2.24, 2.45) is 5.92 Å². The fourth-order valence-electron chi connectivity index (χ4n) is 2.68. The summed E-state index contributed by atoms with van der Waals surface area (Å²) in [6.07, 6.45) is 2.56. The molecule has 2 fully saturated rings. The molecule has 0 aromatic heterocycles. The molecule has 2 saturated heterocycles. The average Bonchev–Trinajstić information content (AvgIpc) is 2.78. The lowest BCUT2D eigenvalue weighted by Crippen LogP contribution is -2.41. The Labute approximate surface area is 97.3 Å². The summed E-state index contributed by atoms with van der Waals surface area (Å²) in [5.41, 5.74) is 0. The molecule has 4 atom stereocenters. The van der Waals surface area contributed by atoms with E-state index in [2.05, 4.69) is 19.2 Å². The first-order valence-electron chi connectivity index (χ1n) is 6.31. The summed E-state index contributed by atoms with van der Waals surface area (Å²) >= 11 is 0. The zero-order chi connectivity index (χ0) is 11.7. The van der Waals surface area contributed by atoms with E-state index in [9.17, 15) is 4.79 Å². The molecule has 0 bridgehead atoms. The molecular formula is C12H22N2O2. The monoisotopic (exact) mass is 226 g/mol. The fraction of sp³-hybridized carbons (Fsp3) is 0.917. The third-order valence-corrected chi connectivity index (χ3v) is 3.82. The van der Waals surface area contributed by atoms with Crippen molar-refractivity contribution in [2.45, 2.75) is 51.9 Å². The molecule has 0 saturated carbocycles. The van der Waals surface area contributed by atoms with Gasteiger partial charge in [0.15, 0.2) is 0 Å². The zero-order valence-electron chi connectivity index (χ0n) is 10.4. The third kappa shape index (κ3) is 2.09. The number of nitrogens with one attached hydrogen (secondary N) is 1. The highest BCUT2D eigenvalue weighted by atomic mass is 16.5. The maximum atomic E-state index is 12.0. The highest BCUT2D eigenvalue weighted by Crippen LogP contribution is 2.24. The second-order valence-electron chi connectivity index (χ2n) is 4.93. The SMILES string of the molecule is CCC1NC(C)C(=O)N1CC1CCOC1C. The van der Waals surface area contributed by atoms with Crippen molar-refractivity contribution in [1.29, 1.82) is 0 Å². The first-order valence-corrected chi connectivity index (χ1v) is 6.31. The number of carbonyl (C=O) groups excluding carboxylic acids is 1. The molecule has 16 heavy (non-hydrogen) atoms. The molecule has 92 valence electrons. The van der Waals surface area contributed by atoms with Gasteiger partial charge in [0.25, 0.3) is 0 Å². The van der Waals surface area contributed by atoms with Crippen LogP contribution in [0.5, 0.6) is 0 Å². The molecule has 1 N–H and O–H groups in total. The van der Waals surface area contributed by atoms with Crippen molar-refractivity contribution in [3.8, 4) is 0 Å². The molecule has 4 unspecified atom stereocenters. The molecule has 0 aromatic carbocycles. The summed E-state index contributed by atoms with van der Waals surface area (Å²) in [6.45, 7) is 7.85. The van der Waals surface area contributed by atoms with Crippen molar-refractivity contribution in [3.63, 3.8) is 0 Å². The molecule has 2 aliphatic rings. The lowest BCUT2D eigenvalue weighted by molar-refractivity contribution is -0.130. The number of carbonyl (C=O) groups is 1. The Hall–Kier alpha value is -0.610. The van der Waals surface area contributed by atoms with E-state index in [0.29, 0.717) is 12.0 Å². The number of ether oxygens (including phenoxy) is 1. The van der Waals surface area contributed by atoms with Crippen molar-refractivity contribution in [1.82, 2.24) is 10.2 Å². The predicted molar refractivity (Wildman–Crippen MR) is 61.9 cm³/mol. The van der Waals surface area contributed by atoms with Gasteiger partial charge in [-0.05, 0) is 26.7 Å². The van der Waals surface area contributed by atoms with Crippen LogP contribution in [0.1, 0.15) is 33.6 Å². The van der Waals surface area contributed by atoms with Crippen LogP contribution >= 0.6 is 0 Å². The Balaban J connectivity index is 1.99. The Morgan fingerprint density at radius 3 is 2.81 bits per heavy atom. The van der Waals surface area contributed by atoms with Gasteiger partial charge in [-0.15, -0.1) is 0 Å². The molecule has 4 heteroatoms. The molecular weight excluding hydrogens is 204 g/mol. The van der Waals surface area contributed by atoms with Crippen molar-refractivity contribution in [3.05, 3.63) is 0 Å². The first kappa shape index (κ1) is 11.9. The van der Waals surface area contributed by atoms with E-state index in [4.69, 9.17) is 4.74 Å². The first-order chi connectivity index (χ1) is 7.63. The maximum Gasteiger partial charge on any atom is 0.240 e. The molecule has 2 rings (SSSR count). The molecule has 2 aliphatic heterocycles. The minimum absolute atomic E-state index is 0.0254. The normalized spacial score (nSPS) is 39.7. The smallest absolute Gasteiger partial charge is 0.240 e. The summed E-state index contributed by atoms with van der Waals surface area (Å²) in [6, 6.07) is -0.0254. The topological polar surface area (TPSA) is 41.6 Å². The lowest BCUT2D eigenvalue weighted by atomic mass is 10.0. The molecule has 4 nitrogen and oxygen atoms in total. The Morgan fingerprint density at radius 1 is 1.50 bits per heavy atom. The van der Waals surface area contributed by atoms with Gasteiger partial charge in [0.1, 0.15) is 0 Å². The predicted octanol–water partition coefficient (Wildman–Crippen LogP) is 0.968. The largest absolute Gasteiger partial charge is 0.378 e. The van der Waals surface area contributed by atoms with Crippen LogP contribution in [0, 0.1) is 5.92 Å². The highest BCUT2D eigenvalue weighted by Gasteiger charge is 2.38. The average molecular weight is 226 g/mol. The van der Waals surface area contributed by atoms with Crippen LogP contribution < -0.4 is 5.32 Å². The number of hydrogen-bond donors (Lipinski definition) is 1. The molecule has 0 spiro atoms. The van der Waals surface area contributed by atoms with Gasteiger partial charge in [-0.3, -0.25) is 10.1 Å². The summed E-state index contributed by atoms with van der Waals surface area (Å²) in [7, 11) is 0. The lowest BCUT2D eigenvalue weighted by Gasteiger charge is -2.27. The van der Waals surface area contributed by atoms with Crippen LogP contribution in [0.2, 0.25) is 0 Å². The number of nitrogens with zero attached hydrogens (tertiary/aromatic N) is 1.